The summed E-state index contributed by atoms with van der Waals surface area (Å²) >= 11 is 0. The van der Waals surface area contributed by atoms with Crippen molar-refractivity contribution in [2.24, 2.45) is 5.41 Å². The predicted molar refractivity (Wildman–Crippen MR) is 192 cm³/mol. The van der Waals surface area contributed by atoms with Crippen LogP contribution in [0.3, 0.4) is 0 Å². The number of hydrogen-bond acceptors (Lipinski definition) is 5. The van der Waals surface area contributed by atoms with E-state index in [2.05, 4.69) is 18.7 Å². The number of carbonyl (C=O) groups is 2. The molecule has 5 rings (SSSR count). The van der Waals surface area contributed by atoms with E-state index < -0.39 is 17.7 Å². The number of ether oxygens (including phenoxy) is 1. The van der Waals surface area contributed by atoms with E-state index in [9.17, 15) is 19.1 Å². The average Bonchev–Trinajstić information content (AvgIpc) is 3.04. The number of nitrogens with zero attached hydrogens (tertiary/aromatic N) is 3. The zero-order chi connectivity index (χ0) is 35.5. The SMILES string of the molecule is Cc1nc(C)c([C@H](OC(C)(C)C)C(=O)O)c(N2CCC(C)(C)CC2)c1-c1ccc(CN(Cc2ccc(F)cc2)C(=O)c2ccccc2)cc1. The van der Waals surface area contributed by atoms with Crippen LogP contribution in [0.4, 0.5) is 10.1 Å². The van der Waals surface area contributed by atoms with Gasteiger partial charge >= 0.3 is 5.97 Å². The van der Waals surface area contributed by atoms with Gasteiger partial charge in [0, 0.05) is 54.3 Å². The smallest absolute Gasteiger partial charge is 0.337 e. The topological polar surface area (TPSA) is 83.0 Å². The maximum Gasteiger partial charge on any atom is 0.337 e. The number of aliphatic carboxylic acids is 1. The number of anilines is 1. The van der Waals surface area contributed by atoms with Gasteiger partial charge in [0.05, 0.1) is 11.3 Å². The predicted octanol–water partition coefficient (Wildman–Crippen LogP) is 8.91. The van der Waals surface area contributed by atoms with Gasteiger partial charge in [0.1, 0.15) is 5.82 Å². The molecule has 0 bridgehead atoms. The standard InChI is InChI=1S/C41H48FN3O4/c1-27-34(36(44-23-21-41(6,7)22-24-44)35(28(2)43-27)37(39(47)48)49-40(3,4)5)31-17-13-29(14-18-31)25-45(26-30-15-19-33(42)20-16-30)38(46)32-11-9-8-10-12-32/h8-20,37H,21-26H2,1-7H3,(H,47,48)/t37-/m0/s1. The van der Waals surface area contributed by atoms with Crippen LogP contribution in [0.2, 0.25) is 0 Å². The Kier molecular flexibility index (Phi) is 10.6. The van der Waals surface area contributed by atoms with Crippen molar-refractivity contribution >= 4 is 17.6 Å². The first kappa shape index (κ1) is 35.7. The van der Waals surface area contributed by atoms with E-state index in [0.29, 0.717) is 29.9 Å². The van der Waals surface area contributed by atoms with E-state index in [1.54, 1.807) is 29.2 Å². The van der Waals surface area contributed by atoms with Crippen LogP contribution in [0.1, 0.15) is 92.0 Å². The van der Waals surface area contributed by atoms with Crippen LogP contribution >= 0.6 is 0 Å². The molecular weight excluding hydrogens is 617 g/mol. The molecule has 3 aromatic carbocycles. The van der Waals surface area contributed by atoms with Gasteiger partial charge in [0.25, 0.3) is 5.91 Å². The fourth-order valence-corrected chi connectivity index (χ4v) is 6.53. The van der Waals surface area contributed by atoms with Gasteiger partial charge in [-0.1, -0.05) is 68.4 Å². The van der Waals surface area contributed by atoms with Crippen molar-refractivity contribution in [3.8, 4) is 11.1 Å². The lowest BCUT2D eigenvalue weighted by molar-refractivity contribution is -0.160. The van der Waals surface area contributed by atoms with Gasteiger partial charge in [-0.25, -0.2) is 9.18 Å². The Morgan fingerprint density at radius 3 is 1.98 bits per heavy atom. The summed E-state index contributed by atoms with van der Waals surface area (Å²) in [6, 6.07) is 23.4. The average molecular weight is 666 g/mol. The molecular formula is C41H48FN3O4. The molecule has 1 aliphatic rings. The van der Waals surface area contributed by atoms with Crippen LogP contribution < -0.4 is 4.90 Å². The van der Waals surface area contributed by atoms with Crippen molar-refractivity contribution < 1.29 is 23.8 Å². The van der Waals surface area contributed by atoms with Crippen molar-refractivity contribution in [1.29, 1.82) is 0 Å². The molecule has 1 aromatic heterocycles. The molecule has 0 spiro atoms. The number of piperidine rings is 1. The summed E-state index contributed by atoms with van der Waals surface area (Å²) in [7, 11) is 0. The Labute approximate surface area is 289 Å². The molecule has 0 unspecified atom stereocenters. The van der Waals surface area contributed by atoms with E-state index in [-0.39, 0.29) is 17.1 Å². The van der Waals surface area contributed by atoms with Crippen molar-refractivity contribution in [1.82, 2.24) is 9.88 Å². The highest BCUT2D eigenvalue weighted by molar-refractivity contribution is 5.94. The summed E-state index contributed by atoms with van der Waals surface area (Å²) in [6.07, 6.45) is 0.755. The van der Waals surface area contributed by atoms with Gasteiger partial charge in [0.2, 0.25) is 0 Å². The normalized spacial score (nSPS) is 15.1. The first-order valence-electron chi connectivity index (χ1n) is 17.0. The van der Waals surface area contributed by atoms with Gasteiger partial charge in [-0.15, -0.1) is 0 Å². The minimum Gasteiger partial charge on any atom is -0.479 e. The number of aromatic nitrogens is 1. The molecule has 1 amide bonds. The minimum absolute atomic E-state index is 0.119. The zero-order valence-electron chi connectivity index (χ0n) is 29.7. The number of carbonyl (C=O) groups excluding carboxylic acids is 1. The number of halogens is 1. The number of hydrogen-bond donors (Lipinski definition) is 1. The molecule has 2 heterocycles. The molecule has 1 fully saturated rings. The third-order valence-electron chi connectivity index (χ3n) is 9.18. The Bertz CT molecular complexity index is 1770. The van der Waals surface area contributed by atoms with E-state index in [1.807, 2.05) is 77.1 Å². The van der Waals surface area contributed by atoms with Crippen molar-refractivity contribution in [2.75, 3.05) is 18.0 Å². The number of pyridine rings is 1. The second kappa shape index (κ2) is 14.5. The van der Waals surface area contributed by atoms with Gasteiger partial charge in [-0.3, -0.25) is 9.78 Å². The van der Waals surface area contributed by atoms with Crippen LogP contribution in [-0.4, -0.2) is 45.6 Å². The number of carboxylic acids is 1. The second-order valence-corrected chi connectivity index (χ2v) is 14.9. The lowest BCUT2D eigenvalue weighted by Crippen LogP contribution is -2.39. The lowest BCUT2D eigenvalue weighted by atomic mass is 9.81. The van der Waals surface area contributed by atoms with E-state index in [4.69, 9.17) is 9.72 Å². The molecule has 0 radical (unpaired) electrons. The van der Waals surface area contributed by atoms with Crippen molar-refractivity contribution in [3.05, 3.63) is 118 Å². The quantitative estimate of drug-likeness (QED) is 0.182. The molecule has 49 heavy (non-hydrogen) atoms. The molecule has 1 N–H and O–H groups in total. The highest BCUT2D eigenvalue weighted by atomic mass is 19.1. The maximum atomic E-state index is 13.7. The maximum absolute atomic E-state index is 13.7. The second-order valence-electron chi connectivity index (χ2n) is 14.9. The molecule has 0 aliphatic carbocycles. The first-order valence-corrected chi connectivity index (χ1v) is 17.0. The van der Waals surface area contributed by atoms with Crippen LogP contribution in [0.25, 0.3) is 11.1 Å². The molecule has 1 saturated heterocycles. The third-order valence-corrected chi connectivity index (χ3v) is 9.18. The molecule has 1 atom stereocenters. The minimum atomic E-state index is -1.19. The van der Waals surface area contributed by atoms with E-state index in [1.165, 1.54) is 12.1 Å². The molecule has 258 valence electrons. The van der Waals surface area contributed by atoms with Crippen molar-refractivity contribution in [3.63, 3.8) is 0 Å². The van der Waals surface area contributed by atoms with Crippen LogP contribution in [0.15, 0.2) is 78.9 Å². The monoisotopic (exact) mass is 665 g/mol. The highest BCUT2D eigenvalue weighted by Crippen LogP contribution is 2.45. The van der Waals surface area contributed by atoms with E-state index >= 15 is 0 Å². The van der Waals surface area contributed by atoms with Gasteiger partial charge in [-0.2, -0.15) is 0 Å². The van der Waals surface area contributed by atoms with E-state index in [0.717, 1.165) is 59.6 Å². The fraction of sp³-hybridized carbons (Fsp3) is 0.390. The highest BCUT2D eigenvalue weighted by Gasteiger charge is 2.36. The summed E-state index contributed by atoms with van der Waals surface area (Å²) in [6.45, 7) is 16.2. The Morgan fingerprint density at radius 1 is 0.898 bits per heavy atom. The summed E-state index contributed by atoms with van der Waals surface area (Å²) < 4.78 is 19.9. The van der Waals surface area contributed by atoms with Crippen LogP contribution in [-0.2, 0) is 22.6 Å². The molecule has 4 aromatic rings. The Hall–Kier alpha value is -4.56. The lowest BCUT2D eigenvalue weighted by Gasteiger charge is -2.41. The largest absolute Gasteiger partial charge is 0.479 e. The number of benzene rings is 3. The summed E-state index contributed by atoms with van der Waals surface area (Å²) in [5.74, 6) is -1.49. The van der Waals surface area contributed by atoms with Crippen molar-refractivity contribution in [2.45, 2.75) is 86.1 Å². The first-order chi connectivity index (χ1) is 23.1. The van der Waals surface area contributed by atoms with Gasteiger partial charge < -0.3 is 19.6 Å². The number of amides is 1. The number of aryl methyl sites for hydroxylation is 2. The molecule has 0 saturated carbocycles. The number of carboxylic acid groups (broad SMARTS) is 1. The van der Waals surface area contributed by atoms with Gasteiger partial charge in [0.15, 0.2) is 6.10 Å². The molecule has 7 nitrogen and oxygen atoms in total. The van der Waals surface area contributed by atoms with Crippen LogP contribution in [0, 0.1) is 25.1 Å². The summed E-state index contributed by atoms with van der Waals surface area (Å²) in [5, 5.41) is 10.5. The van der Waals surface area contributed by atoms with Crippen LogP contribution in [0.5, 0.6) is 0 Å². The number of rotatable bonds is 10. The molecule has 1 aliphatic heterocycles. The van der Waals surface area contributed by atoms with Gasteiger partial charge in [-0.05, 0) is 93.8 Å². The Balaban J connectivity index is 1.56. The third kappa shape index (κ3) is 8.73. The summed E-state index contributed by atoms with van der Waals surface area (Å²) in [5.41, 5.74) is 6.54. The fourth-order valence-electron chi connectivity index (χ4n) is 6.53. The molecule has 8 heteroatoms. The zero-order valence-corrected chi connectivity index (χ0v) is 29.7. The summed E-state index contributed by atoms with van der Waals surface area (Å²) in [4.78, 5) is 35.5. The Morgan fingerprint density at radius 2 is 1.45 bits per heavy atom.